The predicted octanol–water partition coefficient (Wildman–Crippen LogP) is 1.77. The second-order valence-corrected chi connectivity index (χ2v) is 6.60. The van der Waals surface area contributed by atoms with Crippen LogP contribution < -0.4 is 16.1 Å². The fraction of sp³-hybridized carbons (Fsp3) is 0.238. The molecule has 1 atom stereocenters. The quantitative estimate of drug-likeness (QED) is 0.473. The molecule has 3 N–H and O–H groups in total. The number of hydrogen-bond donors (Lipinski definition) is 3. The van der Waals surface area contributed by atoms with Gasteiger partial charge in [0.2, 0.25) is 0 Å². The number of imide groups is 1. The monoisotopic (exact) mass is 410 g/mol. The Morgan fingerprint density at radius 2 is 1.73 bits per heavy atom. The summed E-state index contributed by atoms with van der Waals surface area (Å²) in [5, 5.41) is 6.13. The summed E-state index contributed by atoms with van der Waals surface area (Å²) in [6, 6.07) is 14.7. The van der Waals surface area contributed by atoms with Gasteiger partial charge in [0.25, 0.3) is 11.8 Å². The second kappa shape index (κ2) is 8.64. The van der Waals surface area contributed by atoms with E-state index in [1.54, 1.807) is 68.6 Å². The maximum absolute atomic E-state index is 13.0. The van der Waals surface area contributed by atoms with Crippen LogP contribution in [0.3, 0.4) is 0 Å². The van der Waals surface area contributed by atoms with Gasteiger partial charge in [0.15, 0.2) is 6.61 Å². The molecule has 9 nitrogen and oxygen atoms in total. The maximum Gasteiger partial charge on any atom is 0.344 e. The Morgan fingerprint density at radius 1 is 1.07 bits per heavy atom. The van der Waals surface area contributed by atoms with Crippen LogP contribution in [0.15, 0.2) is 54.6 Å². The van der Waals surface area contributed by atoms with Crippen molar-refractivity contribution in [2.45, 2.75) is 18.9 Å². The summed E-state index contributed by atoms with van der Waals surface area (Å²) in [6.45, 7) is 1.11. The SMILES string of the molecule is CC[C@@]1(c2ccccc2)NC(=O)N(NC(=O)COC(=O)c2ccccc2NC)C1=O. The van der Waals surface area contributed by atoms with E-state index >= 15 is 0 Å². The predicted molar refractivity (Wildman–Crippen MR) is 108 cm³/mol. The number of urea groups is 1. The number of ether oxygens (including phenoxy) is 1. The molecule has 0 saturated carbocycles. The lowest BCUT2D eigenvalue weighted by Gasteiger charge is -2.25. The highest BCUT2D eigenvalue weighted by Gasteiger charge is 2.52. The Labute approximate surface area is 173 Å². The van der Waals surface area contributed by atoms with Crippen molar-refractivity contribution in [2.24, 2.45) is 0 Å². The lowest BCUT2D eigenvalue weighted by Crippen LogP contribution is -2.49. The molecule has 156 valence electrons. The van der Waals surface area contributed by atoms with Crippen LogP contribution in [0, 0.1) is 0 Å². The molecular formula is C21H22N4O5. The fourth-order valence-corrected chi connectivity index (χ4v) is 3.28. The number of esters is 1. The van der Waals surface area contributed by atoms with Crippen LogP contribution in [0.4, 0.5) is 10.5 Å². The molecule has 30 heavy (non-hydrogen) atoms. The van der Waals surface area contributed by atoms with Crippen molar-refractivity contribution in [3.63, 3.8) is 0 Å². The molecule has 0 radical (unpaired) electrons. The minimum atomic E-state index is -1.27. The third kappa shape index (κ3) is 3.82. The largest absolute Gasteiger partial charge is 0.452 e. The van der Waals surface area contributed by atoms with Crippen LogP contribution in [-0.2, 0) is 19.9 Å². The molecule has 0 bridgehead atoms. The summed E-state index contributed by atoms with van der Waals surface area (Å²) < 4.78 is 5.02. The molecule has 4 amide bonds. The zero-order valence-electron chi connectivity index (χ0n) is 16.6. The minimum Gasteiger partial charge on any atom is -0.452 e. The average Bonchev–Trinajstić information content (AvgIpc) is 3.03. The molecule has 3 rings (SSSR count). The summed E-state index contributed by atoms with van der Waals surface area (Å²) in [4.78, 5) is 49.8. The van der Waals surface area contributed by atoms with E-state index in [1.807, 2.05) is 0 Å². The van der Waals surface area contributed by atoms with Crippen molar-refractivity contribution in [3.05, 3.63) is 65.7 Å². The normalized spacial score (nSPS) is 18.0. The lowest BCUT2D eigenvalue weighted by molar-refractivity contribution is -0.140. The average molecular weight is 410 g/mol. The van der Waals surface area contributed by atoms with Gasteiger partial charge in [-0.15, -0.1) is 0 Å². The number of carbonyl (C=O) groups excluding carboxylic acids is 4. The number of rotatable bonds is 7. The van der Waals surface area contributed by atoms with Crippen molar-refractivity contribution < 1.29 is 23.9 Å². The Morgan fingerprint density at radius 3 is 2.40 bits per heavy atom. The first-order valence-corrected chi connectivity index (χ1v) is 9.38. The van der Waals surface area contributed by atoms with Gasteiger partial charge in [-0.2, -0.15) is 5.01 Å². The van der Waals surface area contributed by atoms with Gasteiger partial charge in [0.1, 0.15) is 5.54 Å². The lowest BCUT2D eigenvalue weighted by atomic mass is 9.87. The van der Waals surface area contributed by atoms with Crippen molar-refractivity contribution in [1.82, 2.24) is 15.8 Å². The van der Waals surface area contributed by atoms with Crippen LogP contribution in [0.25, 0.3) is 0 Å². The number of nitrogens with zero attached hydrogens (tertiary/aromatic N) is 1. The van der Waals surface area contributed by atoms with Gasteiger partial charge >= 0.3 is 12.0 Å². The molecule has 0 spiro atoms. The number of nitrogens with one attached hydrogen (secondary N) is 3. The van der Waals surface area contributed by atoms with Crippen LogP contribution in [0.1, 0.15) is 29.3 Å². The highest BCUT2D eigenvalue weighted by atomic mass is 16.5. The van der Waals surface area contributed by atoms with Crippen molar-refractivity contribution in [1.29, 1.82) is 0 Å². The molecule has 1 aliphatic rings. The summed E-state index contributed by atoms with van der Waals surface area (Å²) in [5.74, 6) is -2.13. The molecule has 0 aliphatic carbocycles. The van der Waals surface area contributed by atoms with E-state index in [9.17, 15) is 19.2 Å². The van der Waals surface area contributed by atoms with E-state index in [4.69, 9.17) is 4.74 Å². The standard InChI is InChI=1S/C21H22N4O5/c1-3-21(14-9-5-4-6-10-14)19(28)25(20(29)23-21)24-17(26)13-30-18(27)15-11-7-8-12-16(15)22-2/h4-12,22H,3,13H2,1-2H3,(H,23,29)(H,24,26)/t21-/m0/s1. The first kappa shape index (κ1) is 20.8. The molecule has 1 heterocycles. The second-order valence-electron chi connectivity index (χ2n) is 6.60. The number of para-hydroxylation sites is 1. The van der Waals surface area contributed by atoms with Gasteiger partial charge in [-0.25, -0.2) is 9.59 Å². The van der Waals surface area contributed by atoms with Crippen molar-refractivity contribution in [2.75, 3.05) is 19.0 Å². The first-order valence-electron chi connectivity index (χ1n) is 9.38. The van der Waals surface area contributed by atoms with Crippen LogP contribution in [0.2, 0.25) is 0 Å². The summed E-state index contributed by atoms with van der Waals surface area (Å²) in [5.41, 5.74) is 2.36. The third-order valence-electron chi connectivity index (χ3n) is 4.88. The number of hydrazine groups is 1. The summed E-state index contributed by atoms with van der Waals surface area (Å²) in [6.07, 6.45) is 0.295. The van der Waals surface area contributed by atoms with E-state index in [-0.39, 0.29) is 5.56 Å². The Balaban J connectivity index is 1.66. The Hall–Kier alpha value is -3.88. The summed E-state index contributed by atoms with van der Waals surface area (Å²) in [7, 11) is 1.66. The molecule has 0 unspecified atom stereocenters. The van der Waals surface area contributed by atoms with Gasteiger partial charge in [-0.05, 0) is 24.1 Å². The highest BCUT2D eigenvalue weighted by Crippen LogP contribution is 2.31. The molecular weight excluding hydrogens is 388 g/mol. The molecule has 9 heteroatoms. The minimum absolute atomic E-state index is 0.261. The van der Waals surface area contributed by atoms with E-state index in [0.717, 1.165) is 0 Å². The molecule has 1 fully saturated rings. The maximum atomic E-state index is 13.0. The Kier molecular flexibility index (Phi) is 6.01. The molecule has 1 saturated heterocycles. The zero-order valence-corrected chi connectivity index (χ0v) is 16.6. The van der Waals surface area contributed by atoms with Gasteiger partial charge in [0.05, 0.1) is 5.56 Å². The number of hydrogen-bond acceptors (Lipinski definition) is 6. The first-order chi connectivity index (χ1) is 14.4. The number of benzene rings is 2. The third-order valence-corrected chi connectivity index (χ3v) is 4.88. The highest BCUT2D eigenvalue weighted by molar-refractivity contribution is 6.08. The van der Waals surface area contributed by atoms with Gasteiger partial charge in [0, 0.05) is 12.7 Å². The van der Waals surface area contributed by atoms with E-state index in [1.165, 1.54) is 0 Å². The van der Waals surface area contributed by atoms with Gasteiger partial charge in [-0.1, -0.05) is 49.4 Å². The fourth-order valence-electron chi connectivity index (χ4n) is 3.28. The van der Waals surface area contributed by atoms with Crippen molar-refractivity contribution >= 4 is 29.5 Å². The van der Waals surface area contributed by atoms with Gasteiger partial charge in [-0.3, -0.25) is 15.0 Å². The van der Waals surface area contributed by atoms with Crippen LogP contribution in [-0.4, -0.2) is 42.5 Å². The number of amides is 4. The molecule has 2 aromatic rings. The van der Waals surface area contributed by atoms with E-state index in [2.05, 4.69) is 16.1 Å². The van der Waals surface area contributed by atoms with Crippen LogP contribution in [0.5, 0.6) is 0 Å². The van der Waals surface area contributed by atoms with E-state index < -0.39 is 36.0 Å². The molecule has 2 aromatic carbocycles. The molecule has 0 aromatic heterocycles. The van der Waals surface area contributed by atoms with Gasteiger partial charge < -0.3 is 15.4 Å². The van der Waals surface area contributed by atoms with E-state index in [0.29, 0.717) is 22.7 Å². The topological polar surface area (TPSA) is 117 Å². The zero-order chi connectivity index (χ0) is 21.7. The van der Waals surface area contributed by atoms with Crippen LogP contribution >= 0.6 is 0 Å². The smallest absolute Gasteiger partial charge is 0.344 e. The van der Waals surface area contributed by atoms with Crippen molar-refractivity contribution in [3.8, 4) is 0 Å². The number of carbonyl (C=O) groups is 4. The summed E-state index contributed by atoms with van der Waals surface area (Å²) >= 11 is 0. The Bertz CT molecular complexity index is 978. The molecule has 1 aliphatic heterocycles. The number of anilines is 1.